The second-order valence-corrected chi connectivity index (χ2v) is 11.3. The standard InChI is InChI=1S/C31H39N3O5S/c1-4-6-22-32-31(36)29(5-2)33(23-21-25-13-9-7-10-14-25)30(35)24-34(26-17-19-27(39-3)20-18-26)40(37,38)28-15-11-8-12-16-28/h7-20,29H,4-6,21-24H2,1-3H3,(H,32,36). The van der Waals surface area contributed by atoms with Crippen LogP contribution in [0.2, 0.25) is 0 Å². The third-order valence-corrected chi connectivity index (χ3v) is 8.46. The van der Waals surface area contributed by atoms with Gasteiger partial charge in [-0.3, -0.25) is 13.9 Å². The summed E-state index contributed by atoms with van der Waals surface area (Å²) < 4.78 is 34.0. The monoisotopic (exact) mass is 565 g/mol. The number of amides is 2. The molecule has 1 atom stereocenters. The van der Waals surface area contributed by atoms with Crippen molar-refractivity contribution in [3.63, 3.8) is 0 Å². The van der Waals surface area contributed by atoms with Gasteiger partial charge in [0.25, 0.3) is 10.0 Å². The first-order chi connectivity index (χ1) is 19.3. The number of hydrogen-bond donors (Lipinski definition) is 1. The number of sulfonamides is 1. The van der Waals surface area contributed by atoms with Crippen molar-refractivity contribution >= 4 is 27.5 Å². The topological polar surface area (TPSA) is 96.0 Å². The Morgan fingerprint density at radius 2 is 1.52 bits per heavy atom. The lowest BCUT2D eigenvalue weighted by atomic mass is 10.1. The van der Waals surface area contributed by atoms with Crippen molar-refractivity contribution in [2.45, 2.75) is 50.5 Å². The first kappa shape index (κ1) is 30.7. The molecule has 2 amide bonds. The van der Waals surface area contributed by atoms with Gasteiger partial charge in [-0.1, -0.05) is 68.8 Å². The Labute approximate surface area is 238 Å². The minimum Gasteiger partial charge on any atom is -0.497 e. The largest absolute Gasteiger partial charge is 0.497 e. The fourth-order valence-corrected chi connectivity index (χ4v) is 5.83. The van der Waals surface area contributed by atoms with Gasteiger partial charge in [0.1, 0.15) is 18.3 Å². The number of rotatable bonds is 15. The van der Waals surface area contributed by atoms with E-state index in [0.29, 0.717) is 30.8 Å². The van der Waals surface area contributed by atoms with E-state index in [9.17, 15) is 18.0 Å². The maximum absolute atomic E-state index is 14.0. The van der Waals surface area contributed by atoms with Crippen LogP contribution in [-0.2, 0) is 26.0 Å². The predicted octanol–water partition coefficient (Wildman–Crippen LogP) is 4.66. The molecule has 8 nitrogen and oxygen atoms in total. The number of ether oxygens (including phenoxy) is 1. The highest BCUT2D eigenvalue weighted by atomic mass is 32.2. The van der Waals surface area contributed by atoms with Crippen molar-refractivity contribution in [2.24, 2.45) is 0 Å². The van der Waals surface area contributed by atoms with Crippen LogP contribution in [0.3, 0.4) is 0 Å². The summed E-state index contributed by atoms with van der Waals surface area (Å²) in [6.07, 6.45) is 2.69. The summed E-state index contributed by atoms with van der Waals surface area (Å²) in [5, 5.41) is 2.94. The van der Waals surface area contributed by atoms with E-state index in [2.05, 4.69) is 5.32 Å². The summed E-state index contributed by atoms with van der Waals surface area (Å²) in [6, 6.07) is 23.5. The number of nitrogens with one attached hydrogen (secondary N) is 1. The third-order valence-electron chi connectivity index (χ3n) is 6.67. The molecule has 0 saturated heterocycles. The molecule has 1 N–H and O–H groups in total. The van der Waals surface area contributed by atoms with Gasteiger partial charge in [0.05, 0.1) is 17.7 Å². The van der Waals surface area contributed by atoms with E-state index < -0.39 is 28.5 Å². The molecule has 0 aromatic heterocycles. The van der Waals surface area contributed by atoms with Gasteiger partial charge in [-0.15, -0.1) is 0 Å². The van der Waals surface area contributed by atoms with Crippen molar-refractivity contribution in [2.75, 3.05) is 31.0 Å². The van der Waals surface area contributed by atoms with Gasteiger partial charge >= 0.3 is 0 Å². The Morgan fingerprint density at radius 3 is 2.10 bits per heavy atom. The minimum absolute atomic E-state index is 0.0683. The molecule has 0 saturated carbocycles. The Bertz CT molecular complexity index is 1320. The van der Waals surface area contributed by atoms with Crippen LogP contribution in [0.25, 0.3) is 0 Å². The van der Waals surface area contributed by atoms with E-state index in [0.717, 1.165) is 22.7 Å². The smallest absolute Gasteiger partial charge is 0.264 e. The summed E-state index contributed by atoms with van der Waals surface area (Å²) in [5.74, 6) is -0.130. The summed E-state index contributed by atoms with van der Waals surface area (Å²) in [5.41, 5.74) is 1.34. The summed E-state index contributed by atoms with van der Waals surface area (Å²) in [7, 11) is -2.57. The molecule has 0 aliphatic carbocycles. The van der Waals surface area contributed by atoms with E-state index >= 15 is 0 Å². The molecule has 0 aliphatic rings. The first-order valence-electron chi connectivity index (χ1n) is 13.6. The van der Waals surface area contributed by atoms with Gasteiger partial charge in [0, 0.05) is 13.1 Å². The van der Waals surface area contributed by atoms with Crippen LogP contribution in [0.15, 0.2) is 89.8 Å². The molecular weight excluding hydrogens is 526 g/mol. The molecule has 0 fully saturated rings. The molecule has 40 heavy (non-hydrogen) atoms. The highest BCUT2D eigenvalue weighted by molar-refractivity contribution is 7.92. The zero-order valence-electron chi connectivity index (χ0n) is 23.5. The fraction of sp³-hybridized carbons (Fsp3) is 0.355. The highest BCUT2D eigenvalue weighted by Gasteiger charge is 2.33. The zero-order chi connectivity index (χ0) is 29.0. The molecule has 3 aromatic rings. The average Bonchev–Trinajstić information content (AvgIpc) is 2.99. The van der Waals surface area contributed by atoms with Crippen LogP contribution in [0.4, 0.5) is 5.69 Å². The molecule has 0 radical (unpaired) electrons. The predicted molar refractivity (Wildman–Crippen MR) is 158 cm³/mol. The number of benzene rings is 3. The number of hydrogen-bond acceptors (Lipinski definition) is 5. The van der Waals surface area contributed by atoms with Crippen LogP contribution < -0.4 is 14.4 Å². The highest BCUT2D eigenvalue weighted by Crippen LogP contribution is 2.26. The number of methoxy groups -OCH3 is 1. The third kappa shape index (κ3) is 8.08. The summed E-state index contributed by atoms with van der Waals surface area (Å²) in [6.45, 7) is 4.23. The van der Waals surface area contributed by atoms with Crippen molar-refractivity contribution in [3.05, 3.63) is 90.5 Å². The van der Waals surface area contributed by atoms with E-state index in [4.69, 9.17) is 4.74 Å². The molecule has 1 unspecified atom stereocenters. The van der Waals surface area contributed by atoms with E-state index in [1.54, 1.807) is 42.5 Å². The van der Waals surface area contributed by atoms with E-state index in [-0.39, 0.29) is 17.3 Å². The molecule has 214 valence electrons. The zero-order valence-corrected chi connectivity index (χ0v) is 24.3. The second-order valence-electron chi connectivity index (χ2n) is 9.41. The van der Waals surface area contributed by atoms with Crippen LogP contribution in [0.1, 0.15) is 38.7 Å². The lowest BCUT2D eigenvalue weighted by Crippen LogP contribution is -2.53. The Balaban J connectivity index is 1.97. The maximum Gasteiger partial charge on any atom is 0.264 e. The maximum atomic E-state index is 14.0. The lowest BCUT2D eigenvalue weighted by molar-refractivity contribution is -0.139. The SMILES string of the molecule is CCCCNC(=O)C(CC)N(CCc1ccccc1)C(=O)CN(c1ccc(OC)cc1)S(=O)(=O)c1ccccc1. The lowest BCUT2D eigenvalue weighted by Gasteiger charge is -2.33. The molecule has 3 aromatic carbocycles. The number of carbonyl (C=O) groups is 2. The Kier molecular flexibility index (Phi) is 11.6. The Morgan fingerprint density at radius 1 is 0.900 bits per heavy atom. The van der Waals surface area contributed by atoms with Gasteiger partial charge in [0.2, 0.25) is 11.8 Å². The second kappa shape index (κ2) is 15.1. The number of unbranched alkanes of at least 4 members (excludes halogenated alkanes) is 1. The van der Waals surface area contributed by atoms with E-state index in [1.807, 2.05) is 44.2 Å². The van der Waals surface area contributed by atoms with E-state index in [1.165, 1.54) is 24.1 Å². The normalized spacial score (nSPS) is 11.9. The number of carbonyl (C=O) groups excluding carboxylic acids is 2. The van der Waals surface area contributed by atoms with Gasteiger partial charge in [-0.2, -0.15) is 0 Å². The molecule has 0 bridgehead atoms. The van der Waals surface area contributed by atoms with Gasteiger partial charge in [0.15, 0.2) is 0 Å². The average molecular weight is 566 g/mol. The van der Waals surface area contributed by atoms with Gasteiger partial charge in [-0.05, 0) is 61.2 Å². The summed E-state index contributed by atoms with van der Waals surface area (Å²) >= 11 is 0. The Hall–Kier alpha value is -3.85. The van der Waals surface area contributed by atoms with Crippen LogP contribution >= 0.6 is 0 Å². The summed E-state index contributed by atoms with van der Waals surface area (Å²) in [4.78, 5) is 28.8. The van der Waals surface area contributed by atoms with Crippen LogP contribution in [0.5, 0.6) is 5.75 Å². The van der Waals surface area contributed by atoms with Gasteiger partial charge in [-0.25, -0.2) is 8.42 Å². The number of anilines is 1. The molecule has 9 heteroatoms. The number of nitrogens with zero attached hydrogens (tertiary/aromatic N) is 2. The molecular formula is C31H39N3O5S. The molecule has 0 aliphatic heterocycles. The van der Waals surface area contributed by atoms with Crippen molar-refractivity contribution in [1.82, 2.24) is 10.2 Å². The van der Waals surface area contributed by atoms with Crippen LogP contribution in [-0.4, -0.2) is 57.9 Å². The molecule has 3 rings (SSSR count). The van der Waals surface area contributed by atoms with Crippen molar-refractivity contribution in [1.29, 1.82) is 0 Å². The minimum atomic E-state index is -4.10. The quantitative estimate of drug-likeness (QED) is 0.271. The van der Waals surface area contributed by atoms with Crippen molar-refractivity contribution < 1.29 is 22.7 Å². The van der Waals surface area contributed by atoms with Crippen molar-refractivity contribution in [3.8, 4) is 5.75 Å². The van der Waals surface area contributed by atoms with Gasteiger partial charge < -0.3 is 15.0 Å². The molecule has 0 spiro atoms. The first-order valence-corrected chi connectivity index (χ1v) is 15.1. The fourth-order valence-electron chi connectivity index (χ4n) is 4.40. The van der Waals surface area contributed by atoms with Crippen LogP contribution in [0, 0.1) is 0 Å². The molecule has 0 heterocycles.